The summed E-state index contributed by atoms with van der Waals surface area (Å²) < 4.78 is 0. The maximum Gasteiger partial charge on any atom is 0.0535 e. The van der Waals surface area contributed by atoms with Gasteiger partial charge in [-0.05, 0) is 38.2 Å². The zero-order valence-electron chi connectivity index (χ0n) is 14.4. The van der Waals surface area contributed by atoms with Crippen molar-refractivity contribution in [3.63, 3.8) is 0 Å². The summed E-state index contributed by atoms with van der Waals surface area (Å²) in [6, 6.07) is 12.2. The largest absolute Gasteiger partial charge is 0.305 e. The molecule has 0 radical (unpaired) electrons. The first-order valence-electron chi connectivity index (χ1n) is 8.52. The third-order valence-corrected chi connectivity index (χ3v) is 5.01. The molecule has 3 atom stereocenters. The smallest absolute Gasteiger partial charge is 0.0535 e. The highest BCUT2D eigenvalue weighted by Crippen LogP contribution is 2.30. The standard InChI is InChI=1S/C19H32N2/c1-6-16(4)21-14-19(5,17-10-8-7-9-11-17)20-13-18(21)12-15(2)3/h7-11,15-16,18,20H,6,12-14H2,1-5H3. The molecule has 1 fully saturated rings. The predicted octanol–water partition coefficient (Wildman–Crippen LogP) is 4.02. The Morgan fingerprint density at radius 2 is 1.90 bits per heavy atom. The molecule has 1 aliphatic heterocycles. The van der Waals surface area contributed by atoms with Crippen molar-refractivity contribution in [2.75, 3.05) is 13.1 Å². The normalized spacial score (nSPS) is 28.8. The highest BCUT2D eigenvalue weighted by molar-refractivity contribution is 5.25. The molecule has 0 aromatic heterocycles. The summed E-state index contributed by atoms with van der Waals surface area (Å²) in [7, 11) is 0. The van der Waals surface area contributed by atoms with Crippen LogP contribution in [-0.4, -0.2) is 30.1 Å². The number of piperazine rings is 1. The summed E-state index contributed by atoms with van der Waals surface area (Å²) in [5.41, 5.74) is 1.47. The monoisotopic (exact) mass is 288 g/mol. The zero-order chi connectivity index (χ0) is 15.5. The Labute approximate surface area is 130 Å². The van der Waals surface area contributed by atoms with Gasteiger partial charge < -0.3 is 5.32 Å². The molecule has 1 aromatic rings. The van der Waals surface area contributed by atoms with Gasteiger partial charge in [0.1, 0.15) is 0 Å². The number of hydrogen-bond donors (Lipinski definition) is 1. The summed E-state index contributed by atoms with van der Waals surface area (Å²) in [6.07, 6.45) is 2.50. The van der Waals surface area contributed by atoms with Crippen molar-refractivity contribution in [3.8, 4) is 0 Å². The van der Waals surface area contributed by atoms with Gasteiger partial charge in [-0.3, -0.25) is 4.90 Å². The van der Waals surface area contributed by atoms with E-state index in [-0.39, 0.29) is 5.54 Å². The van der Waals surface area contributed by atoms with Crippen LogP contribution >= 0.6 is 0 Å². The first-order valence-corrected chi connectivity index (χ1v) is 8.52. The maximum atomic E-state index is 3.83. The minimum atomic E-state index is 0.0676. The van der Waals surface area contributed by atoms with E-state index in [0.717, 1.165) is 19.0 Å². The van der Waals surface area contributed by atoms with Crippen molar-refractivity contribution in [2.24, 2.45) is 5.92 Å². The van der Waals surface area contributed by atoms with Gasteiger partial charge >= 0.3 is 0 Å². The minimum absolute atomic E-state index is 0.0676. The van der Waals surface area contributed by atoms with Crippen molar-refractivity contribution in [3.05, 3.63) is 35.9 Å². The van der Waals surface area contributed by atoms with E-state index in [1.807, 2.05) is 0 Å². The molecule has 1 aliphatic rings. The summed E-state index contributed by atoms with van der Waals surface area (Å²) in [5, 5.41) is 3.83. The number of nitrogens with one attached hydrogen (secondary N) is 1. The Morgan fingerprint density at radius 3 is 2.48 bits per heavy atom. The number of hydrogen-bond acceptors (Lipinski definition) is 2. The number of benzene rings is 1. The predicted molar refractivity (Wildman–Crippen MR) is 91.5 cm³/mol. The Morgan fingerprint density at radius 1 is 1.24 bits per heavy atom. The summed E-state index contributed by atoms with van der Waals surface area (Å²) in [6.45, 7) is 13.9. The van der Waals surface area contributed by atoms with E-state index >= 15 is 0 Å². The molecule has 0 aliphatic carbocycles. The van der Waals surface area contributed by atoms with Crippen LogP contribution in [-0.2, 0) is 5.54 Å². The van der Waals surface area contributed by atoms with Crippen LogP contribution in [0.25, 0.3) is 0 Å². The molecular weight excluding hydrogens is 256 g/mol. The van der Waals surface area contributed by atoms with E-state index in [4.69, 9.17) is 0 Å². The Bertz CT molecular complexity index is 428. The van der Waals surface area contributed by atoms with Crippen molar-refractivity contribution in [1.82, 2.24) is 10.2 Å². The van der Waals surface area contributed by atoms with Gasteiger partial charge in [-0.15, -0.1) is 0 Å². The van der Waals surface area contributed by atoms with E-state index in [1.54, 1.807) is 0 Å². The Balaban J connectivity index is 2.19. The lowest BCUT2D eigenvalue weighted by Crippen LogP contribution is -2.63. The van der Waals surface area contributed by atoms with Gasteiger partial charge in [0.2, 0.25) is 0 Å². The molecule has 0 bridgehead atoms. The fourth-order valence-corrected chi connectivity index (χ4v) is 3.52. The molecule has 1 aromatic carbocycles. The van der Waals surface area contributed by atoms with Gasteiger partial charge in [-0.1, -0.05) is 51.1 Å². The molecule has 118 valence electrons. The van der Waals surface area contributed by atoms with Crippen molar-refractivity contribution >= 4 is 0 Å². The summed E-state index contributed by atoms with van der Waals surface area (Å²) in [5.74, 6) is 0.754. The van der Waals surface area contributed by atoms with Crippen LogP contribution in [0, 0.1) is 5.92 Å². The van der Waals surface area contributed by atoms with E-state index in [2.05, 4.69) is 75.2 Å². The molecule has 2 rings (SSSR count). The van der Waals surface area contributed by atoms with E-state index in [9.17, 15) is 0 Å². The Kier molecular flexibility index (Phi) is 5.45. The topological polar surface area (TPSA) is 15.3 Å². The molecule has 1 N–H and O–H groups in total. The highest BCUT2D eigenvalue weighted by atomic mass is 15.3. The molecule has 0 amide bonds. The van der Waals surface area contributed by atoms with E-state index in [0.29, 0.717) is 12.1 Å². The van der Waals surface area contributed by atoms with Crippen LogP contribution in [0.4, 0.5) is 0 Å². The van der Waals surface area contributed by atoms with Crippen LogP contribution in [0.5, 0.6) is 0 Å². The zero-order valence-corrected chi connectivity index (χ0v) is 14.4. The lowest BCUT2D eigenvalue weighted by Gasteiger charge is -2.49. The van der Waals surface area contributed by atoms with Gasteiger partial charge in [-0.25, -0.2) is 0 Å². The summed E-state index contributed by atoms with van der Waals surface area (Å²) >= 11 is 0. The molecule has 3 unspecified atom stereocenters. The van der Waals surface area contributed by atoms with Crippen LogP contribution in [0.3, 0.4) is 0 Å². The number of rotatable bonds is 5. The molecule has 1 saturated heterocycles. The third kappa shape index (κ3) is 3.87. The van der Waals surface area contributed by atoms with Crippen LogP contribution < -0.4 is 5.32 Å². The van der Waals surface area contributed by atoms with Gasteiger partial charge in [-0.2, -0.15) is 0 Å². The Hall–Kier alpha value is -0.860. The van der Waals surface area contributed by atoms with Crippen molar-refractivity contribution in [2.45, 2.75) is 65.1 Å². The molecule has 0 saturated carbocycles. The lowest BCUT2D eigenvalue weighted by atomic mass is 9.85. The van der Waals surface area contributed by atoms with Crippen LogP contribution in [0.1, 0.15) is 53.0 Å². The maximum absolute atomic E-state index is 3.83. The van der Waals surface area contributed by atoms with Crippen molar-refractivity contribution < 1.29 is 0 Å². The third-order valence-electron chi connectivity index (χ3n) is 5.01. The highest BCUT2D eigenvalue weighted by Gasteiger charge is 2.38. The van der Waals surface area contributed by atoms with Gasteiger partial charge in [0.25, 0.3) is 0 Å². The number of nitrogens with zero attached hydrogens (tertiary/aromatic N) is 1. The second-order valence-corrected chi connectivity index (χ2v) is 7.29. The van der Waals surface area contributed by atoms with Gasteiger partial charge in [0.15, 0.2) is 0 Å². The minimum Gasteiger partial charge on any atom is -0.305 e. The molecule has 2 nitrogen and oxygen atoms in total. The lowest BCUT2D eigenvalue weighted by molar-refractivity contribution is 0.0408. The molecular formula is C19H32N2. The van der Waals surface area contributed by atoms with E-state index < -0.39 is 0 Å². The summed E-state index contributed by atoms with van der Waals surface area (Å²) in [4.78, 5) is 2.74. The van der Waals surface area contributed by atoms with Gasteiger partial charge in [0, 0.05) is 25.2 Å². The average molecular weight is 288 g/mol. The van der Waals surface area contributed by atoms with Crippen molar-refractivity contribution in [1.29, 1.82) is 0 Å². The second-order valence-electron chi connectivity index (χ2n) is 7.29. The van der Waals surface area contributed by atoms with E-state index in [1.165, 1.54) is 18.4 Å². The SMILES string of the molecule is CCC(C)N1CC(C)(c2ccccc2)NCC1CC(C)C. The molecule has 0 spiro atoms. The first kappa shape index (κ1) is 16.5. The second kappa shape index (κ2) is 6.93. The average Bonchev–Trinajstić information content (AvgIpc) is 2.49. The fraction of sp³-hybridized carbons (Fsp3) is 0.684. The van der Waals surface area contributed by atoms with Crippen LogP contribution in [0.15, 0.2) is 30.3 Å². The van der Waals surface area contributed by atoms with Gasteiger partial charge in [0.05, 0.1) is 5.54 Å². The molecule has 1 heterocycles. The molecule has 21 heavy (non-hydrogen) atoms. The molecule has 2 heteroatoms. The van der Waals surface area contributed by atoms with Crippen LogP contribution in [0.2, 0.25) is 0 Å². The fourth-order valence-electron chi connectivity index (χ4n) is 3.52. The first-order chi connectivity index (χ1) is 9.96. The quantitative estimate of drug-likeness (QED) is 0.880.